The maximum absolute atomic E-state index is 14.8. The summed E-state index contributed by atoms with van der Waals surface area (Å²) in [7, 11) is 1.45. The first-order chi connectivity index (χ1) is 19.5. The van der Waals surface area contributed by atoms with Gasteiger partial charge in [-0.3, -0.25) is 4.79 Å². The molecule has 1 atom stereocenters. The molecule has 0 unspecified atom stereocenters. The molecule has 0 aliphatic carbocycles. The number of nitriles is 1. The topological polar surface area (TPSA) is 111 Å². The number of aryl methyl sites for hydroxylation is 1. The van der Waals surface area contributed by atoms with Crippen LogP contribution in [0.5, 0.6) is 5.75 Å². The first-order valence-electron chi connectivity index (χ1n) is 12.4. The van der Waals surface area contributed by atoms with Gasteiger partial charge < -0.3 is 14.9 Å². The number of phenolic OH excluding ortho intramolecular Hbond substituents is 1. The molecule has 5 rings (SSSR count). The van der Waals surface area contributed by atoms with Crippen molar-refractivity contribution in [1.29, 1.82) is 5.26 Å². The highest BCUT2D eigenvalue weighted by atomic mass is 19.4. The van der Waals surface area contributed by atoms with Gasteiger partial charge in [0.1, 0.15) is 12.1 Å². The Morgan fingerprint density at radius 3 is 2.59 bits per heavy atom. The third-order valence-electron chi connectivity index (χ3n) is 6.94. The summed E-state index contributed by atoms with van der Waals surface area (Å²) in [5.74, 6) is -5.52. The lowest BCUT2D eigenvalue weighted by atomic mass is 10.0. The van der Waals surface area contributed by atoms with Crippen LogP contribution in [-0.4, -0.2) is 61.3 Å². The lowest BCUT2D eigenvalue weighted by molar-refractivity contribution is -0.140. The van der Waals surface area contributed by atoms with Crippen LogP contribution in [0, 0.1) is 23.0 Å². The average molecular weight is 572 g/mol. The Labute approximate surface area is 230 Å². The quantitative estimate of drug-likeness (QED) is 0.358. The van der Waals surface area contributed by atoms with E-state index in [1.807, 2.05) is 41.3 Å². The monoisotopic (exact) mass is 571 g/mol. The summed E-state index contributed by atoms with van der Waals surface area (Å²) in [4.78, 5) is 24.9. The maximum atomic E-state index is 14.8. The van der Waals surface area contributed by atoms with Crippen molar-refractivity contribution in [2.45, 2.75) is 25.1 Å². The summed E-state index contributed by atoms with van der Waals surface area (Å²) in [6, 6.07) is 11.4. The molecule has 1 saturated heterocycles. The highest BCUT2D eigenvalue weighted by Gasteiger charge is 2.38. The number of carbonyl (C=O) groups excluding carboxylic acids is 1. The molecule has 9 nitrogen and oxygen atoms in total. The summed E-state index contributed by atoms with van der Waals surface area (Å²) in [5, 5.41) is 22.9. The first-order valence-corrected chi connectivity index (χ1v) is 12.4. The van der Waals surface area contributed by atoms with Crippen LogP contribution in [0.4, 0.5) is 27.9 Å². The van der Waals surface area contributed by atoms with Crippen molar-refractivity contribution in [2.75, 3.05) is 24.5 Å². The lowest BCUT2D eigenvalue weighted by Gasteiger charge is -2.41. The molecule has 2 aromatic carbocycles. The number of amides is 1. The molecule has 2 aromatic heterocycles. The Hall–Kier alpha value is -4.80. The van der Waals surface area contributed by atoms with Crippen LogP contribution in [0.3, 0.4) is 0 Å². The molecule has 41 heavy (non-hydrogen) atoms. The number of rotatable bonds is 5. The molecule has 1 aliphatic rings. The van der Waals surface area contributed by atoms with Crippen molar-refractivity contribution in [3.63, 3.8) is 0 Å². The van der Waals surface area contributed by atoms with E-state index in [2.05, 4.69) is 15.1 Å². The number of fused-ring (bicyclic) bond motifs is 1. The van der Waals surface area contributed by atoms with Gasteiger partial charge in [-0.05, 0) is 18.1 Å². The van der Waals surface area contributed by atoms with Gasteiger partial charge >= 0.3 is 6.18 Å². The fourth-order valence-electron chi connectivity index (χ4n) is 4.95. The van der Waals surface area contributed by atoms with Crippen molar-refractivity contribution in [3.05, 3.63) is 65.4 Å². The van der Waals surface area contributed by atoms with Gasteiger partial charge in [0.2, 0.25) is 11.9 Å². The first kappa shape index (κ1) is 27.8. The van der Waals surface area contributed by atoms with Crippen LogP contribution in [0.15, 0.2) is 42.6 Å². The van der Waals surface area contributed by atoms with Crippen molar-refractivity contribution >= 4 is 22.9 Å². The van der Waals surface area contributed by atoms with E-state index in [9.17, 15) is 31.9 Å². The van der Waals surface area contributed by atoms with Crippen molar-refractivity contribution in [3.8, 4) is 23.1 Å². The zero-order valence-electron chi connectivity index (χ0n) is 21.5. The number of piperazine rings is 1. The van der Waals surface area contributed by atoms with E-state index in [4.69, 9.17) is 5.26 Å². The molecule has 0 bridgehead atoms. The minimum absolute atomic E-state index is 0.0803. The summed E-state index contributed by atoms with van der Waals surface area (Å²) in [6.07, 6.45) is -3.64. The largest absolute Gasteiger partial charge is 0.503 e. The van der Waals surface area contributed by atoms with E-state index in [0.29, 0.717) is 26.1 Å². The zero-order valence-corrected chi connectivity index (χ0v) is 21.5. The minimum Gasteiger partial charge on any atom is -0.503 e. The average Bonchev–Trinajstić information content (AvgIpc) is 3.27. The number of hydrogen-bond acceptors (Lipinski definition) is 7. The Kier molecular flexibility index (Phi) is 7.20. The van der Waals surface area contributed by atoms with Gasteiger partial charge in [-0.1, -0.05) is 30.3 Å². The number of benzene rings is 2. The van der Waals surface area contributed by atoms with Crippen molar-refractivity contribution < 1.29 is 31.9 Å². The number of phenols is 1. The second-order valence-corrected chi connectivity index (χ2v) is 9.54. The number of aromatic hydroxyl groups is 1. The number of halogens is 5. The summed E-state index contributed by atoms with van der Waals surface area (Å²) in [6.45, 7) is 0.943. The van der Waals surface area contributed by atoms with Crippen LogP contribution >= 0.6 is 0 Å². The third-order valence-corrected chi connectivity index (χ3v) is 6.94. The van der Waals surface area contributed by atoms with Gasteiger partial charge in [0.15, 0.2) is 23.0 Å². The van der Waals surface area contributed by atoms with Gasteiger partial charge in [0.05, 0.1) is 23.1 Å². The Morgan fingerprint density at radius 1 is 1.17 bits per heavy atom. The molecule has 1 fully saturated rings. The molecule has 14 heteroatoms. The van der Waals surface area contributed by atoms with E-state index in [1.54, 1.807) is 4.90 Å². The van der Waals surface area contributed by atoms with Crippen molar-refractivity contribution in [1.82, 2.24) is 24.6 Å². The van der Waals surface area contributed by atoms with Crippen LogP contribution in [0.1, 0.15) is 17.5 Å². The predicted molar refractivity (Wildman–Crippen MR) is 136 cm³/mol. The highest BCUT2D eigenvalue weighted by Crippen LogP contribution is 2.41. The fourth-order valence-corrected chi connectivity index (χ4v) is 4.95. The molecular formula is C27H22F5N7O2. The summed E-state index contributed by atoms with van der Waals surface area (Å²) >= 11 is 0. The van der Waals surface area contributed by atoms with E-state index in [0.717, 1.165) is 5.56 Å². The molecule has 1 N–H and O–H groups in total. The molecule has 3 heterocycles. The van der Waals surface area contributed by atoms with Gasteiger partial charge in [-0.25, -0.2) is 18.4 Å². The maximum Gasteiger partial charge on any atom is 0.419 e. The predicted octanol–water partition coefficient (Wildman–Crippen LogP) is 4.21. The van der Waals surface area contributed by atoms with Crippen LogP contribution < -0.4 is 4.90 Å². The number of carbonyl (C=O) groups is 1. The molecule has 212 valence electrons. The Morgan fingerprint density at radius 2 is 1.90 bits per heavy atom. The highest BCUT2D eigenvalue weighted by molar-refractivity contribution is 5.91. The summed E-state index contributed by atoms with van der Waals surface area (Å²) in [5.41, 5.74) is -1.75. The van der Waals surface area contributed by atoms with E-state index < -0.39 is 34.7 Å². The number of nitrogens with zero attached hydrogens (tertiary/aromatic N) is 7. The van der Waals surface area contributed by atoms with Gasteiger partial charge in [-0.2, -0.15) is 28.5 Å². The normalized spacial score (nSPS) is 15.8. The van der Waals surface area contributed by atoms with Crippen molar-refractivity contribution in [2.24, 2.45) is 7.05 Å². The number of alkyl halides is 3. The van der Waals surface area contributed by atoms with Crippen LogP contribution in [0.25, 0.3) is 22.3 Å². The SMILES string of the molecule is Cn1nc(-c2cc(C(F)(F)F)c(F)c(O)c2F)c2cnc(N3CCN(C(=O)CC#N)C[C@H]3Cc3ccccc3)nc21. The molecule has 1 aliphatic heterocycles. The smallest absolute Gasteiger partial charge is 0.419 e. The van der Waals surface area contributed by atoms with Gasteiger partial charge in [-0.15, -0.1) is 0 Å². The van der Waals surface area contributed by atoms with E-state index in [1.165, 1.54) is 17.9 Å². The fraction of sp³-hybridized carbons (Fsp3) is 0.296. The number of hydrogen-bond donors (Lipinski definition) is 1. The van der Waals surface area contributed by atoms with Gasteiger partial charge in [0, 0.05) is 38.4 Å². The number of aromatic nitrogens is 4. The lowest BCUT2D eigenvalue weighted by Crippen LogP contribution is -2.56. The molecule has 4 aromatic rings. The van der Waals surface area contributed by atoms with Gasteiger partial charge in [0.25, 0.3) is 0 Å². The Balaban J connectivity index is 1.55. The number of anilines is 1. The molecule has 0 saturated carbocycles. The third kappa shape index (κ3) is 5.22. The standard InChI is InChI=1S/C27H22F5N7O2/c1-37-25-18(23(36-37)17-12-19(27(30,31)32)22(29)24(41)21(17)28)13-34-26(35-25)39-10-9-38(20(40)7-8-33)14-16(39)11-15-5-3-2-4-6-15/h2-6,12-13,16,41H,7,9-11,14H2,1H3/t16-/m1/s1. The Bertz CT molecular complexity index is 1670. The molecule has 1 amide bonds. The van der Waals surface area contributed by atoms with Crippen LogP contribution in [0.2, 0.25) is 0 Å². The molecule has 0 radical (unpaired) electrons. The van der Waals surface area contributed by atoms with Crippen LogP contribution in [-0.2, 0) is 24.4 Å². The second kappa shape index (κ2) is 10.6. The molecule has 0 spiro atoms. The van der Waals surface area contributed by atoms with E-state index in [-0.39, 0.29) is 47.1 Å². The van der Waals surface area contributed by atoms with E-state index >= 15 is 0 Å². The molecular weight excluding hydrogens is 549 g/mol. The second-order valence-electron chi connectivity index (χ2n) is 9.54. The minimum atomic E-state index is -5.19. The zero-order chi connectivity index (χ0) is 29.5. The summed E-state index contributed by atoms with van der Waals surface area (Å²) < 4.78 is 70.2.